The molecule has 1 spiro atoms. The normalized spacial score (nSPS) is 22.4. The molecule has 0 unspecified atom stereocenters. The van der Waals surface area contributed by atoms with Crippen molar-refractivity contribution in [3.05, 3.63) is 53.9 Å². The zero-order valence-electron chi connectivity index (χ0n) is 29.3. The van der Waals surface area contributed by atoms with Crippen LogP contribution in [0.2, 0.25) is 0 Å². The summed E-state index contributed by atoms with van der Waals surface area (Å²) in [6.07, 6.45) is 15.1. The Morgan fingerprint density at radius 1 is 0.918 bits per heavy atom. The Morgan fingerprint density at radius 2 is 1.57 bits per heavy atom. The first-order valence-electron chi connectivity index (χ1n) is 18.5. The molecule has 2 aromatic rings. The highest BCUT2D eigenvalue weighted by atomic mass is 16.5. The van der Waals surface area contributed by atoms with Crippen molar-refractivity contribution < 1.29 is 23.9 Å². The molecule has 2 aliphatic heterocycles. The number of benzene rings is 1. The average Bonchev–Trinajstić information content (AvgIpc) is 3.75. The number of amides is 4. The van der Waals surface area contributed by atoms with Gasteiger partial charge in [-0.2, -0.15) is 5.10 Å². The van der Waals surface area contributed by atoms with E-state index in [1.54, 1.807) is 29.0 Å². The molecule has 266 valence electrons. The van der Waals surface area contributed by atoms with Gasteiger partial charge in [0, 0.05) is 57.9 Å². The maximum Gasteiger partial charge on any atom is 0.257 e. The Hall–Kier alpha value is -3.73. The van der Waals surface area contributed by atoms with Crippen LogP contribution < -0.4 is 10.6 Å². The number of likely N-dealkylation sites (tertiary alicyclic amines) is 2. The second-order valence-corrected chi connectivity index (χ2v) is 15.1. The van der Waals surface area contributed by atoms with Gasteiger partial charge in [-0.1, -0.05) is 68.9 Å². The molecular formula is C38H54N6O5. The Labute approximate surface area is 290 Å². The number of likely N-dealkylation sites (N-methyl/N-ethyl adjacent to an activating group) is 1. The Kier molecular flexibility index (Phi) is 11.4. The van der Waals surface area contributed by atoms with Crippen LogP contribution >= 0.6 is 0 Å². The van der Waals surface area contributed by atoms with Crippen LogP contribution in [0.5, 0.6) is 0 Å². The second-order valence-electron chi connectivity index (χ2n) is 15.1. The summed E-state index contributed by atoms with van der Waals surface area (Å²) in [6, 6.07) is 9.07. The van der Waals surface area contributed by atoms with Crippen molar-refractivity contribution in [2.75, 3.05) is 39.8 Å². The van der Waals surface area contributed by atoms with Gasteiger partial charge in [-0.05, 0) is 50.0 Å². The lowest BCUT2D eigenvalue weighted by Gasteiger charge is -2.50. The van der Waals surface area contributed by atoms with Gasteiger partial charge in [0.05, 0.1) is 30.3 Å². The smallest absolute Gasteiger partial charge is 0.257 e. The van der Waals surface area contributed by atoms with E-state index in [4.69, 9.17) is 4.74 Å². The highest BCUT2D eigenvalue weighted by molar-refractivity contribution is 5.95. The van der Waals surface area contributed by atoms with E-state index >= 15 is 0 Å². The number of hydrogen-bond donors (Lipinski definition) is 2. The van der Waals surface area contributed by atoms with E-state index in [1.165, 1.54) is 38.5 Å². The van der Waals surface area contributed by atoms with E-state index in [0.29, 0.717) is 56.6 Å². The molecule has 0 radical (unpaired) electrons. The molecule has 1 aromatic carbocycles. The van der Waals surface area contributed by atoms with Crippen molar-refractivity contribution in [1.29, 1.82) is 0 Å². The summed E-state index contributed by atoms with van der Waals surface area (Å²) in [6.45, 7) is 4.36. The molecule has 3 heterocycles. The summed E-state index contributed by atoms with van der Waals surface area (Å²) in [7, 11) is 1.56. The van der Waals surface area contributed by atoms with Gasteiger partial charge in [0.2, 0.25) is 17.7 Å². The average molecular weight is 675 g/mol. The fourth-order valence-corrected chi connectivity index (χ4v) is 8.52. The molecule has 0 bridgehead atoms. The highest BCUT2D eigenvalue weighted by Gasteiger charge is 2.59. The molecule has 6 rings (SSSR count). The van der Waals surface area contributed by atoms with E-state index in [0.717, 1.165) is 31.2 Å². The molecule has 49 heavy (non-hydrogen) atoms. The standard InChI is InChI=1S/C38H54N6O5/c1-27(49-23-30-16-10-5-11-17-30)34(36(47)39-2)41-35(46)32-22-42(37(48)31-19-40-44(21-31)20-29-14-8-4-9-15-29)24-38(32)25-43(26-38)33(45)18-28-12-6-3-7-13-28/h4,8-9,14-15,19,21,27-28,30,32,34H,3,5-7,10-13,16-18,20,22-26H2,1-2H3,(H,39,47)(H,41,46)/t27-,32+,34+/m1/s1. The third-order valence-electron chi connectivity index (χ3n) is 11.5. The summed E-state index contributed by atoms with van der Waals surface area (Å²) >= 11 is 0. The minimum absolute atomic E-state index is 0.136. The van der Waals surface area contributed by atoms with E-state index in [2.05, 4.69) is 15.7 Å². The number of nitrogens with zero attached hydrogens (tertiary/aromatic N) is 4. The minimum Gasteiger partial charge on any atom is -0.376 e. The molecule has 1 aromatic heterocycles. The number of carbonyl (C=O) groups is 4. The van der Waals surface area contributed by atoms with Crippen molar-refractivity contribution in [1.82, 2.24) is 30.2 Å². The van der Waals surface area contributed by atoms with Crippen LogP contribution in [-0.4, -0.2) is 95.2 Å². The maximum absolute atomic E-state index is 14.2. The summed E-state index contributed by atoms with van der Waals surface area (Å²) in [5.41, 5.74) is 0.961. The third kappa shape index (κ3) is 8.36. The summed E-state index contributed by atoms with van der Waals surface area (Å²) in [4.78, 5) is 58.1. The fraction of sp³-hybridized carbons (Fsp3) is 0.658. The van der Waals surface area contributed by atoms with Gasteiger partial charge >= 0.3 is 0 Å². The van der Waals surface area contributed by atoms with Crippen molar-refractivity contribution in [2.24, 2.45) is 23.2 Å². The second kappa shape index (κ2) is 15.9. The maximum atomic E-state index is 14.2. The van der Waals surface area contributed by atoms with Crippen molar-refractivity contribution in [3.63, 3.8) is 0 Å². The van der Waals surface area contributed by atoms with E-state index in [-0.39, 0.29) is 30.2 Å². The van der Waals surface area contributed by atoms with Crippen molar-refractivity contribution in [3.8, 4) is 0 Å². The van der Waals surface area contributed by atoms with Crippen LogP contribution in [0.25, 0.3) is 0 Å². The van der Waals surface area contributed by atoms with Crippen LogP contribution in [-0.2, 0) is 25.7 Å². The first kappa shape index (κ1) is 35.1. The van der Waals surface area contributed by atoms with Gasteiger partial charge in [-0.15, -0.1) is 0 Å². The van der Waals surface area contributed by atoms with Crippen LogP contribution in [0.4, 0.5) is 0 Å². The predicted molar refractivity (Wildman–Crippen MR) is 185 cm³/mol. The molecule has 2 saturated heterocycles. The molecule has 4 aliphatic rings. The number of aromatic nitrogens is 2. The van der Waals surface area contributed by atoms with Crippen LogP contribution in [0.3, 0.4) is 0 Å². The molecule has 3 atom stereocenters. The predicted octanol–water partition coefficient (Wildman–Crippen LogP) is 4.02. The lowest BCUT2D eigenvalue weighted by molar-refractivity contribution is -0.151. The van der Waals surface area contributed by atoms with Crippen molar-refractivity contribution in [2.45, 2.75) is 96.2 Å². The van der Waals surface area contributed by atoms with Gasteiger partial charge in [-0.3, -0.25) is 23.9 Å². The zero-order chi connectivity index (χ0) is 34.4. The summed E-state index contributed by atoms with van der Waals surface area (Å²) in [5.74, 6) is -0.324. The summed E-state index contributed by atoms with van der Waals surface area (Å²) < 4.78 is 7.95. The molecule has 11 nitrogen and oxygen atoms in total. The fourth-order valence-electron chi connectivity index (χ4n) is 8.52. The lowest BCUT2D eigenvalue weighted by Crippen LogP contribution is -2.65. The minimum atomic E-state index is -0.872. The molecule has 2 saturated carbocycles. The quantitative estimate of drug-likeness (QED) is 0.351. The van der Waals surface area contributed by atoms with Crippen LogP contribution in [0, 0.1) is 23.2 Å². The van der Waals surface area contributed by atoms with E-state index in [9.17, 15) is 19.2 Å². The van der Waals surface area contributed by atoms with Gasteiger partial charge < -0.3 is 25.2 Å². The van der Waals surface area contributed by atoms with Gasteiger partial charge in [0.15, 0.2) is 0 Å². The molecule has 11 heteroatoms. The Balaban J connectivity index is 1.15. The Morgan fingerprint density at radius 3 is 2.24 bits per heavy atom. The zero-order valence-corrected chi connectivity index (χ0v) is 29.3. The number of carbonyl (C=O) groups excluding carboxylic acids is 4. The largest absolute Gasteiger partial charge is 0.376 e. The van der Waals surface area contributed by atoms with Gasteiger partial charge in [0.1, 0.15) is 6.04 Å². The monoisotopic (exact) mass is 674 g/mol. The third-order valence-corrected chi connectivity index (χ3v) is 11.5. The van der Waals surface area contributed by atoms with Crippen molar-refractivity contribution >= 4 is 23.6 Å². The lowest BCUT2D eigenvalue weighted by atomic mass is 9.70. The topological polar surface area (TPSA) is 126 Å². The Bertz CT molecular complexity index is 1440. The first-order valence-corrected chi connectivity index (χ1v) is 18.5. The van der Waals surface area contributed by atoms with Crippen LogP contribution in [0.15, 0.2) is 42.7 Å². The first-order chi connectivity index (χ1) is 23.7. The highest BCUT2D eigenvalue weighted by Crippen LogP contribution is 2.45. The number of ether oxygens (including phenoxy) is 1. The summed E-state index contributed by atoms with van der Waals surface area (Å²) in [5, 5.41) is 10.2. The number of nitrogens with one attached hydrogen (secondary N) is 2. The number of rotatable bonds is 12. The molecule has 4 fully saturated rings. The van der Waals surface area contributed by atoms with Gasteiger partial charge in [0.25, 0.3) is 5.91 Å². The van der Waals surface area contributed by atoms with Crippen LogP contribution in [0.1, 0.15) is 93.5 Å². The number of hydrogen-bond acceptors (Lipinski definition) is 6. The van der Waals surface area contributed by atoms with Gasteiger partial charge in [-0.25, -0.2) is 0 Å². The SMILES string of the molecule is CNC(=O)[C@@H](NC(=O)[C@@H]1CN(C(=O)c2cnn(Cc3ccccc3)c2)CC12CN(C(=O)CC1CCCCC1)C2)[C@@H](C)OCC1CCCCC1. The molecule has 2 N–H and O–H groups in total. The van der Waals surface area contributed by atoms with E-state index < -0.39 is 23.5 Å². The molecular weight excluding hydrogens is 620 g/mol. The molecule has 4 amide bonds. The van der Waals surface area contributed by atoms with E-state index in [1.807, 2.05) is 42.2 Å². The molecule has 2 aliphatic carbocycles.